The number of piperazine rings is 1. The van der Waals surface area contributed by atoms with E-state index >= 15 is 0 Å². The highest BCUT2D eigenvalue weighted by atomic mass is 35.5. The van der Waals surface area contributed by atoms with Crippen LogP contribution in [0.25, 0.3) is 11.3 Å². The SMILES string of the molecule is Cc1c(CN2CCN(c3nccnc3-c3ccc(F)cc3)CC2)c(CO)nn1C.Cl. The summed E-state index contributed by atoms with van der Waals surface area (Å²) in [5.74, 6) is 0.563. The van der Waals surface area contributed by atoms with Crippen LogP contribution in [0.3, 0.4) is 0 Å². The Bertz CT molecular complexity index is 986. The number of aromatic nitrogens is 4. The van der Waals surface area contributed by atoms with Gasteiger partial charge < -0.3 is 10.0 Å². The summed E-state index contributed by atoms with van der Waals surface area (Å²) >= 11 is 0. The second kappa shape index (κ2) is 9.51. The van der Waals surface area contributed by atoms with Gasteiger partial charge in [0.15, 0.2) is 5.82 Å². The zero-order chi connectivity index (χ0) is 20.4. The van der Waals surface area contributed by atoms with Crippen molar-refractivity contribution in [2.75, 3.05) is 31.1 Å². The molecule has 0 spiro atoms. The van der Waals surface area contributed by atoms with Gasteiger partial charge in [0.25, 0.3) is 0 Å². The predicted octanol–water partition coefficient (Wildman–Crippen LogP) is 2.56. The first-order valence-electron chi connectivity index (χ1n) is 9.73. The molecule has 2 aromatic heterocycles. The Balaban J connectivity index is 0.00000256. The van der Waals surface area contributed by atoms with Crippen LogP contribution in [-0.2, 0) is 20.2 Å². The minimum atomic E-state index is -0.263. The maximum Gasteiger partial charge on any atom is 0.155 e. The summed E-state index contributed by atoms with van der Waals surface area (Å²) < 4.78 is 15.1. The third-order valence-corrected chi connectivity index (χ3v) is 5.54. The molecule has 9 heteroatoms. The Hall–Kier alpha value is -2.55. The first-order chi connectivity index (χ1) is 14.1. The van der Waals surface area contributed by atoms with Gasteiger partial charge in [-0.15, -0.1) is 12.4 Å². The maximum absolute atomic E-state index is 13.3. The van der Waals surface area contributed by atoms with E-state index in [-0.39, 0.29) is 24.8 Å². The highest BCUT2D eigenvalue weighted by molar-refractivity contribution is 5.85. The van der Waals surface area contributed by atoms with Crippen LogP contribution >= 0.6 is 12.4 Å². The average molecular weight is 433 g/mol. The molecule has 0 bridgehead atoms. The summed E-state index contributed by atoms with van der Waals surface area (Å²) in [6.45, 7) is 6.15. The molecule has 3 aromatic rings. The van der Waals surface area contributed by atoms with Gasteiger partial charge in [-0.3, -0.25) is 14.6 Å². The van der Waals surface area contributed by atoms with Crippen molar-refractivity contribution in [1.82, 2.24) is 24.6 Å². The Morgan fingerprint density at radius 1 is 1.03 bits per heavy atom. The summed E-state index contributed by atoms with van der Waals surface area (Å²) in [6, 6.07) is 6.36. The van der Waals surface area contributed by atoms with Gasteiger partial charge >= 0.3 is 0 Å². The van der Waals surface area contributed by atoms with E-state index in [2.05, 4.69) is 24.9 Å². The van der Waals surface area contributed by atoms with Crippen molar-refractivity contribution in [2.24, 2.45) is 7.05 Å². The number of aliphatic hydroxyl groups excluding tert-OH is 1. The minimum Gasteiger partial charge on any atom is -0.390 e. The average Bonchev–Trinajstić information content (AvgIpc) is 3.03. The topological polar surface area (TPSA) is 70.3 Å². The Labute approximate surface area is 181 Å². The monoisotopic (exact) mass is 432 g/mol. The molecule has 0 saturated carbocycles. The number of hydrogen-bond donors (Lipinski definition) is 1. The summed E-state index contributed by atoms with van der Waals surface area (Å²) in [6.07, 6.45) is 3.36. The van der Waals surface area contributed by atoms with Crippen LogP contribution < -0.4 is 4.90 Å². The first kappa shape index (κ1) is 22.1. The highest BCUT2D eigenvalue weighted by Crippen LogP contribution is 2.28. The lowest BCUT2D eigenvalue weighted by atomic mass is 10.1. The van der Waals surface area contributed by atoms with E-state index in [9.17, 15) is 9.50 Å². The molecule has 0 unspecified atom stereocenters. The van der Waals surface area contributed by atoms with E-state index < -0.39 is 0 Å². The van der Waals surface area contributed by atoms with Crippen molar-refractivity contribution in [3.8, 4) is 11.3 Å². The van der Waals surface area contributed by atoms with Crippen LogP contribution in [0.5, 0.6) is 0 Å². The van der Waals surface area contributed by atoms with Crippen LogP contribution in [-0.4, -0.2) is 55.9 Å². The van der Waals surface area contributed by atoms with Gasteiger partial charge in [-0.2, -0.15) is 5.10 Å². The molecule has 4 rings (SSSR count). The molecule has 1 fully saturated rings. The third-order valence-electron chi connectivity index (χ3n) is 5.54. The molecular formula is C21H26ClFN6O. The lowest BCUT2D eigenvalue weighted by molar-refractivity contribution is 0.241. The van der Waals surface area contributed by atoms with Gasteiger partial charge in [-0.05, 0) is 31.2 Å². The van der Waals surface area contributed by atoms with E-state index in [4.69, 9.17) is 0 Å². The van der Waals surface area contributed by atoms with E-state index in [1.807, 2.05) is 18.7 Å². The van der Waals surface area contributed by atoms with Crippen molar-refractivity contribution in [2.45, 2.75) is 20.1 Å². The fourth-order valence-electron chi connectivity index (χ4n) is 3.77. The number of benzene rings is 1. The van der Waals surface area contributed by atoms with E-state index in [0.29, 0.717) is 0 Å². The zero-order valence-corrected chi connectivity index (χ0v) is 17.9. The molecule has 0 atom stereocenters. The third kappa shape index (κ3) is 4.45. The van der Waals surface area contributed by atoms with Crippen molar-refractivity contribution in [3.05, 3.63) is 59.4 Å². The molecule has 1 aliphatic rings. The highest BCUT2D eigenvalue weighted by Gasteiger charge is 2.23. The summed E-state index contributed by atoms with van der Waals surface area (Å²) in [7, 11) is 1.90. The molecule has 1 saturated heterocycles. The van der Waals surface area contributed by atoms with Crippen LogP contribution in [0.4, 0.5) is 10.2 Å². The molecule has 0 amide bonds. The quantitative estimate of drug-likeness (QED) is 0.668. The van der Waals surface area contributed by atoms with E-state index in [1.165, 1.54) is 12.1 Å². The van der Waals surface area contributed by atoms with Crippen molar-refractivity contribution < 1.29 is 9.50 Å². The fourth-order valence-corrected chi connectivity index (χ4v) is 3.77. The predicted molar refractivity (Wildman–Crippen MR) is 116 cm³/mol. The Morgan fingerprint density at radius 3 is 2.37 bits per heavy atom. The number of halogens is 2. The second-order valence-electron chi connectivity index (χ2n) is 7.29. The first-order valence-corrected chi connectivity index (χ1v) is 9.73. The molecule has 7 nitrogen and oxygen atoms in total. The van der Waals surface area contributed by atoms with Crippen LogP contribution in [0.2, 0.25) is 0 Å². The van der Waals surface area contributed by atoms with Crippen LogP contribution in [0, 0.1) is 12.7 Å². The molecular weight excluding hydrogens is 407 g/mol. The molecule has 0 radical (unpaired) electrons. The Kier molecular flexibility index (Phi) is 7.02. The maximum atomic E-state index is 13.3. The number of aliphatic hydroxyl groups is 1. The molecule has 0 aliphatic carbocycles. The fraction of sp³-hybridized carbons (Fsp3) is 0.381. The largest absolute Gasteiger partial charge is 0.390 e. The molecule has 1 aliphatic heterocycles. The normalized spacial score (nSPS) is 14.6. The van der Waals surface area contributed by atoms with Gasteiger partial charge in [0, 0.05) is 69.0 Å². The number of nitrogens with zero attached hydrogens (tertiary/aromatic N) is 6. The summed E-state index contributed by atoms with van der Waals surface area (Å²) in [5, 5.41) is 14.0. The molecule has 1 aromatic carbocycles. The van der Waals surface area contributed by atoms with Crippen molar-refractivity contribution in [1.29, 1.82) is 0 Å². The number of anilines is 1. The molecule has 3 heterocycles. The lowest BCUT2D eigenvalue weighted by Gasteiger charge is -2.36. The summed E-state index contributed by atoms with van der Waals surface area (Å²) in [4.78, 5) is 13.7. The van der Waals surface area contributed by atoms with Crippen molar-refractivity contribution in [3.63, 3.8) is 0 Å². The standard InChI is InChI=1S/C21H25FN6O.ClH/c1-15-18(19(14-29)25-26(15)2)13-27-9-11-28(12-10-27)21-20(23-7-8-24-21)16-3-5-17(22)6-4-16;/h3-8,29H,9-14H2,1-2H3;1H. The Morgan fingerprint density at radius 2 is 1.70 bits per heavy atom. The van der Waals surface area contributed by atoms with Gasteiger partial charge in [0.05, 0.1) is 12.3 Å². The molecule has 30 heavy (non-hydrogen) atoms. The van der Waals surface area contributed by atoms with E-state index in [1.54, 1.807) is 24.5 Å². The van der Waals surface area contributed by atoms with Crippen molar-refractivity contribution >= 4 is 18.2 Å². The van der Waals surface area contributed by atoms with Gasteiger partial charge in [0.1, 0.15) is 11.5 Å². The minimum absolute atomic E-state index is 0. The van der Waals surface area contributed by atoms with E-state index in [0.717, 1.165) is 66.8 Å². The molecule has 1 N–H and O–H groups in total. The zero-order valence-electron chi connectivity index (χ0n) is 17.1. The number of aryl methyl sites for hydroxylation is 1. The van der Waals surface area contributed by atoms with Crippen LogP contribution in [0.15, 0.2) is 36.7 Å². The number of rotatable bonds is 5. The van der Waals surface area contributed by atoms with Gasteiger partial charge in [-0.1, -0.05) is 0 Å². The van der Waals surface area contributed by atoms with Crippen LogP contribution in [0.1, 0.15) is 17.0 Å². The van der Waals surface area contributed by atoms with Gasteiger partial charge in [-0.25, -0.2) is 9.37 Å². The smallest absolute Gasteiger partial charge is 0.155 e. The lowest BCUT2D eigenvalue weighted by Crippen LogP contribution is -2.46. The van der Waals surface area contributed by atoms with Gasteiger partial charge in [0.2, 0.25) is 0 Å². The number of hydrogen-bond acceptors (Lipinski definition) is 6. The molecule has 160 valence electrons. The summed E-state index contributed by atoms with van der Waals surface area (Å²) in [5.41, 5.74) is 4.57. The second-order valence-corrected chi connectivity index (χ2v) is 7.29.